The van der Waals surface area contributed by atoms with Crippen molar-refractivity contribution in [3.8, 4) is 0 Å². The molecule has 0 aromatic heterocycles. The molecule has 0 atom stereocenters. The SMILES string of the molecule is Cc1cccc(NC(=O)CNC(=O)Cc2cccc(C(F)(F)F)c2)c1C. The van der Waals surface area contributed by atoms with Gasteiger partial charge in [0.1, 0.15) is 0 Å². The fourth-order valence-electron chi connectivity index (χ4n) is 2.37. The number of rotatable bonds is 5. The van der Waals surface area contributed by atoms with Gasteiger partial charge in [0, 0.05) is 5.69 Å². The van der Waals surface area contributed by atoms with Crippen molar-refractivity contribution in [3.63, 3.8) is 0 Å². The monoisotopic (exact) mass is 364 g/mol. The van der Waals surface area contributed by atoms with Gasteiger partial charge in [0.25, 0.3) is 0 Å². The van der Waals surface area contributed by atoms with Gasteiger partial charge in [-0.15, -0.1) is 0 Å². The molecule has 2 aromatic rings. The molecule has 0 heterocycles. The fraction of sp³-hybridized carbons (Fsp3) is 0.263. The molecular weight excluding hydrogens is 345 g/mol. The second-order valence-electron chi connectivity index (χ2n) is 5.95. The minimum atomic E-state index is -4.46. The molecule has 0 aliphatic heterocycles. The number of benzene rings is 2. The third-order valence-electron chi connectivity index (χ3n) is 3.94. The third-order valence-corrected chi connectivity index (χ3v) is 3.94. The first-order valence-corrected chi connectivity index (χ1v) is 7.95. The van der Waals surface area contributed by atoms with E-state index >= 15 is 0 Å². The lowest BCUT2D eigenvalue weighted by molar-refractivity contribution is -0.137. The maximum atomic E-state index is 12.7. The van der Waals surface area contributed by atoms with Gasteiger partial charge in [-0.05, 0) is 42.7 Å². The van der Waals surface area contributed by atoms with E-state index in [0.717, 1.165) is 23.3 Å². The Bertz CT molecular complexity index is 817. The molecule has 0 spiro atoms. The highest BCUT2D eigenvalue weighted by atomic mass is 19.4. The Hall–Kier alpha value is -2.83. The van der Waals surface area contributed by atoms with E-state index in [0.29, 0.717) is 5.69 Å². The maximum absolute atomic E-state index is 12.7. The number of nitrogens with one attached hydrogen (secondary N) is 2. The van der Waals surface area contributed by atoms with Crippen molar-refractivity contribution in [2.24, 2.45) is 0 Å². The summed E-state index contributed by atoms with van der Waals surface area (Å²) in [4.78, 5) is 23.8. The molecule has 138 valence electrons. The van der Waals surface area contributed by atoms with Gasteiger partial charge in [-0.2, -0.15) is 13.2 Å². The van der Waals surface area contributed by atoms with E-state index in [4.69, 9.17) is 0 Å². The summed E-state index contributed by atoms with van der Waals surface area (Å²) in [6.45, 7) is 3.53. The standard InChI is InChI=1S/C19H19F3N2O2/c1-12-5-3-8-16(13(12)2)24-18(26)11-23-17(25)10-14-6-4-7-15(9-14)19(20,21)22/h3-9H,10-11H2,1-2H3,(H,23,25)(H,24,26). The Kier molecular flexibility index (Phi) is 6.02. The van der Waals surface area contributed by atoms with Crippen LogP contribution in [0.15, 0.2) is 42.5 Å². The van der Waals surface area contributed by atoms with Gasteiger partial charge in [-0.1, -0.05) is 30.3 Å². The average Bonchev–Trinajstić information content (AvgIpc) is 2.57. The number of carbonyl (C=O) groups excluding carboxylic acids is 2. The average molecular weight is 364 g/mol. The second kappa shape index (κ2) is 8.03. The first-order valence-electron chi connectivity index (χ1n) is 7.95. The number of hydrogen-bond donors (Lipinski definition) is 2. The Morgan fingerprint density at radius 3 is 2.38 bits per heavy atom. The van der Waals surface area contributed by atoms with Crippen molar-refractivity contribution in [2.75, 3.05) is 11.9 Å². The van der Waals surface area contributed by atoms with Gasteiger partial charge < -0.3 is 10.6 Å². The largest absolute Gasteiger partial charge is 0.416 e. The van der Waals surface area contributed by atoms with Crippen molar-refractivity contribution in [1.29, 1.82) is 0 Å². The van der Waals surface area contributed by atoms with Crippen molar-refractivity contribution in [3.05, 3.63) is 64.7 Å². The molecule has 2 rings (SSSR count). The molecule has 0 unspecified atom stereocenters. The van der Waals surface area contributed by atoms with E-state index < -0.39 is 23.6 Å². The molecule has 0 aliphatic rings. The summed E-state index contributed by atoms with van der Waals surface area (Å²) in [6.07, 6.45) is -4.70. The topological polar surface area (TPSA) is 58.2 Å². The third kappa shape index (κ3) is 5.34. The lowest BCUT2D eigenvalue weighted by atomic mass is 10.1. The van der Waals surface area contributed by atoms with Gasteiger partial charge in [0.15, 0.2) is 0 Å². The normalized spacial score (nSPS) is 11.1. The van der Waals surface area contributed by atoms with Crippen LogP contribution < -0.4 is 10.6 Å². The van der Waals surface area contributed by atoms with Crippen LogP contribution in [-0.4, -0.2) is 18.4 Å². The molecule has 0 fully saturated rings. The van der Waals surface area contributed by atoms with E-state index in [1.807, 2.05) is 26.0 Å². The summed E-state index contributed by atoms with van der Waals surface area (Å²) >= 11 is 0. The van der Waals surface area contributed by atoms with Crippen molar-refractivity contribution in [2.45, 2.75) is 26.4 Å². The van der Waals surface area contributed by atoms with Crippen LogP contribution in [0, 0.1) is 13.8 Å². The van der Waals surface area contributed by atoms with Gasteiger partial charge in [0.2, 0.25) is 11.8 Å². The predicted molar refractivity (Wildman–Crippen MR) is 92.7 cm³/mol. The summed E-state index contributed by atoms with van der Waals surface area (Å²) < 4.78 is 38.0. The van der Waals surface area contributed by atoms with Gasteiger partial charge in [0.05, 0.1) is 18.5 Å². The number of alkyl halides is 3. The summed E-state index contributed by atoms with van der Waals surface area (Å²) in [6, 6.07) is 10.0. The predicted octanol–water partition coefficient (Wildman–Crippen LogP) is 3.62. The number of amides is 2. The molecule has 0 saturated heterocycles. The number of aryl methyl sites for hydroxylation is 1. The summed E-state index contributed by atoms with van der Waals surface area (Å²) in [5, 5.41) is 5.11. The minimum Gasteiger partial charge on any atom is -0.347 e. The summed E-state index contributed by atoms with van der Waals surface area (Å²) in [5.41, 5.74) is 2.03. The minimum absolute atomic E-state index is 0.229. The Morgan fingerprint density at radius 2 is 1.69 bits per heavy atom. The van der Waals surface area contributed by atoms with Gasteiger partial charge >= 0.3 is 6.18 Å². The van der Waals surface area contributed by atoms with E-state index in [2.05, 4.69) is 10.6 Å². The first kappa shape index (κ1) is 19.5. The molecule has 0 radical (unpaired) electrons. The Morgan fingerprint density at radius 1 is 1.00 bits per heavy atom. The highest BCUT2D eigenvalue weighted by molar-refractivity contribution is 5.95. The van der Waals surface area contributed by atoms with Crippen molar-refractivity contribution < 1.29 is 22.8 Å². The second-order valence-corrected chi connectivity index (χ2v) is 5.95. The Balaban J connectivity index is 1.89. The zero-order chi connectivity index (χ0) is 19.3. The van der Waals surface area contributed by atoms with Gasteiger partial charge in [-0.3, -0.25) is 9.59 Å². The van der Waals surface area contributed by atoms with Crippen LogP contribution in [0.2, 0.25) is 0 Å². The van der Waals surface area contributed by atoms with Crippen molar-refractivity contribution >= 4 is 17.5 Å². The van der Waals surface area contributed by atoms with E-state index in [1.54, 1.807) is 6.07 Å². The van der Waals surface area contributed by atoms with Crippen LogP contribution in [-0.2, 0) is 22.2 Å². The number of halogens is 3. The molecule has 0 bridgehead atoms. The molecule has 0 saturated carbocycles. The number of anilines is 1. The quantitative estimate of drug-likeness (QED) is 0.851. The number of carbonyl (C=O) groups is 2. The molecule has 4 nitrogen and oxygen atoms in total. The Labute approximate surface area is 149 Å². The summed E-state index contributed by atoms with van der Waals surface area (Å²) in [7, 11) is 0. The fourth-order valence-corrected chi connectivity index (χ4v) is 2.37. The molecule has 26 heavy (non-hydrogen) atoms. The molecule has 0 aliphatic carbocycles. The van der Waals surface area contributed by atoms with Gasteiger partial charge in [-0.25, -0.2) is 0 Å². The smallest absolute Gasteiger partial charge is 0.347 e. The molecular formula is C19H19F3N2O2. The zero-order valence-corrected chi connectivity index (χ0v) is 14.4. The van der Waals surface area contributed by atoms with Crippen molar-refractivity contribution in [1.82, 2.24) is 5.32 Å². The maximum Gasteiger partial charge on any atom is 0.416 e. The van der Waals surface area contributed by atoms with E-state index in [1.165, 1.54) is 12.1 Å². The van der Waals surface area contributed by atoms with Crippen LogP contribution in [0.25, 0.3) is 0 Å². The number of hydrogen-bond acceptors (Lipinski definition) is 2. The first-order chi connectivity index (χ1) is 12.2. The molecule has 2 N–H and O–H groups in total. The van der Waals surface area contributed by atoms with Crippen LogP contribution in [0.5, 0.6) is 0 Å². The van der Waals surface area contributed by atoms with Crippen LogP contribution in [0.3, 0.4) is 0 Å². The molecule has 2 amide bonds. The lowest BCUT2D eigenvalue weighted by Crippen LogP contribution is -2.34. The lowest BCUT2D eigenvalue weighted by Gasteiger charge is -2.11. The highest BCUT2D eigenvalue weighted by Crippen LogP contribution is 2.29. The van der Waals surface area contributed by atoms with E-state index in [-0.39, 0.29) is 18.5 Å². The molecule has 7 heteroatoms. The highest BCUT2D eigenvalue weighted by Gasteiger charge is 2.30. The summed E-state index contributed by atoms with van der Waals surface area (Å²) in [5.74, 6) is -0.934. The zero-order valence-electron chi connectivity index (χ0n) is 14.4. The van der Waals surface area contributed by atoms with E-state index in [9.17, 15) is 22.8 Å². The molecule has 2 aromatic carbocycles. The van der Waals surface area contributed by atoms with Crippen LogP contribution >= 0.6 is 0 Å². The van der Waals surface area contributed by atoms with Crippen LogP contribution in [0.4, 0.5) is 18.9 Å². The van der Waals surface area contributed by atoms with Crippen LogP contribution in [0.1, 0.15) is 22.3 Å².